The van der Waals surface area contributed by atoms with Crippen LogP contribution in [0.5, 0.6) is 11.5 Å². The first-order valence-electron chi connectivity index (χ1n) is 9.73. The quantitative estimate of drug-likeness (QED) is 0.592. The minimum atomic E-state index is -3.55. The zero-order valence-electron chi connectivity index (χ0n) is 17.2. The Balaban J connectivity index is 1.37. The minimum Gasteiger partial charge on any atom is -0.497 e. The molecule has 1 aliphatic rings. The zero-order valence-corrected chi connectivity index (χ0v) is 18.0. The Morgan fingerprint density at radius 3 is 2.35 bits per heavy atom. The van der Waals surface area contributed by atoms with Gasteiger partial charge in [0.1, 0.15) is 11.5 Å². The summed E-state index contributed by atoms with van der Waals surface area (Å²) >= 11 is 0. The molecule has 168 valence electrons. The van der Waals surface area contributed by atoms with Crippen molar-refractivity contribution in [2.45, 2.75) is 0 Å². The zero-order chi connectivity index (χ0) is 22.3. The lowest BCUT2D eigenvalue weighted by Gasteiger charge is -2.33. The molecule has 0 aliphatic carbocycles. The van der Waals surface area contributed by atoms with Gasteiger partial charge in [0.15, 0.2) is 12.4 Å². The standard InChI is InChI=1S/C20H25N3O7S/c1-28-16-4-6-17(7-5-16)30-15-19(24)21-8-14-31(26,27)23-11-9-22(10-12-23)20(25)18-3-2-13-29-18/h2-7,13H,8-12,14-15H2,1H3,(H,21,24). The molecule has 31 heavy (non-hydrogen) atoms. The number of piperazine rings is 1. The van der Waals surface area contributed by atoms with Crippen LogP contribution in [-0.4, -0.2) is 81.6 Å². The van der Waals surface area contributed by atoms with Crippen molar-refractivity contribution in [3.63, 3.8) is 0 Å². The third-order valence-corrected chi connectivity index (χ3v) is 6.63. The van der Waals surface area contributed by atoms with Crippen molar-refractivity contribution < 1.29 is 31.9 Å². The fraction of sp³-hybridized carbons (Fsp3) is 0.400. The maximum atomic E-state index is 12.5. The number of carbonyl (C=O) groups is 2. The Kier molecular flexibility index (Phi) is 7.53. The summed E-state index contributed by atoms with van der Waals surface area (Å²) in [6.07, 6.45) is 1.42. The van der Waals surface area contributed by atoms with Gasteiger partial charge in [0, 0.05) is 32.7 Å². The van der Waals surface area contributed by atoms with Gasteiger partial charge in [-0.1, -0.05) is 0 Å². The molecular weight excluding hydrogens is 426 g/mol. The fourth-order valence-corrected chi connectivity index (χ4v) is 4.38. The molecule has 1 aromatic heterocycles. The number of nitrogens with zero attached hydrogens (tertiary/aromatic N) is 2. The summed E-state index contributed by atoms with van der Waals surface area (Å²) < 4.78 is 41.9. The second-order valence-corrected chi connectivity index (χ2v) is 8.89. The monoisotopic (exact) mass is 451 g/mol. The maximum Gasteiger partial charge on any atom is 0.289 e. The summed E-state index contributed by atoms with van der Waals surface area (Å²) in [7, 11) is -2.00. The van der Waals surface area contributed by atoms with Crippen LogP contribution in [0, 0.1) is 0 Å². The van der Waals surface area contributed by atoms with Crippen LogP contribution in [0.25, 0.3) is 0 Å². The van der Waals surface area contributed by atoms with E-state index >= 15 is 0 Å². The van der Waals surface area contributed by atoms with Crippen molar-refractivity contribution in [2.75, 3.05) is 52.2 Å². The number of hydrogen-bond acceptors (Lipinski definition) is 7. The predicted molar refractivity (Wildman–Crippen MR) is 111 cm³/mol. The Labute approximate surface area is 180 Å². The highest BCUT2D eigenvalue weighted by molar-refractivity contribution is 7.89. The summed E-state index contributed by atoms with van der Waals surface area (Å²) in [5.41, 5.74) is 0. The summed E-state index contributed by atoms with van der Waals surface area (Å²) in [6.45, 7) is 0.701. The van der Waals surface area contributed by atoms with E-state index in [1.54, 1.807) is 48.4 Å². The van der Waals surface area contributed by atoms with Gasteiger partial charge in [-0.3, -0.25) is 9.59 Å². The number of furan rings is 1. The van der Waals surface area contributed by atoms with Gasteiger partial charge < -0.3 is 24.1 Å². The molecule has 2 amide bonds. The van der Waals surface area contributed by atoms with Gasteiger partial charge in [-0.15, -0.1) is 0 Å². The average Bonchev–Trinajstić information content (AvgIpc) is 3.32. The number of carbonyl (C=O) groups excluding carboxylic acids is 2. The molecule has 1 N–H and O–H groups in total. The van der Waals surface area contributed by atoms with Crippen molar-refractivity contribution in [1.29, 1.82) is 0 Å². The number of nitrogens with one attached hydrogen (secondary N) is 1. The van der Waals surface area contributed by atoms with Gasteiger partial charge in [-0.05, 0) is 36.4 Å². The largest absolute Gasteiger partial charge is 0.497 e. The van der Waals surface area contributed by atoms with Gasteiger partial charge in [0.2, 0.25) is 10.0 Å². The minimum absolute atomic E-state index is 0.0291. The van der Waals surface area contributed by atoms with Crippen LogP contribution in [0.1, 0.15) is 10.6 Å². The van der Waals surface area contributed by atoms with Crippen molar-refractivity contribution in [1.82, 2.24) is 14.5 Å². The van der Waals surface area contributed by atoms with E-state index in [-0.39, 0.29) is 56.8 Å². The Hall–Kier alpha value is -3.05. The molecule has 0 radical (unpaired) electrons. The van der Waals surface area contributed by atoms with Crippen LogP contribution in [0.3, 0.4) is 0 Å². The number of hydrogen-bond donors (Lipinski definition) is 1. The van der Waals surface area contributed by atoms with Gasteiger partial charge in [-0.25, -0.2) is 8.42 Å². The summed E-state index contributed by atoms with van der Waals surface area (Å²) in [5.74, 6) is 0.508. The number of ether oxygens (including phenoxy) is 2. The average molecular weight is 452 g/mol. The molecule has 1 aliphatic heterocycles. The number of amides is 2. The molecule has 0 atom stereocenters. The molecule has 10 nitrogen and oxygen atoms in total. The van der Waals surface area contributed by atoms with E-state index in [2.05, 4.69) is 5.32 Å². The first-order chi connectivity index (χ1) is 14.9. The molecule has 11 heteroatoms. The van der Waals surface area contributed by atoms with Crippen molar-refractivity contribution in [3.8, 4) is 11.5 Å². The SMILES string of the molecule is COc1ccc(OCC(=O)NCCS(=O)(=O)N2CCN(C(=O)c3ccco3)CC2)cc1. The Bertz CT molecular complexity index is 967. The maximum absolute atomic E-state index is 12.5. The molecule has 3 rings (SSSR count). The molecule has 0 spiro atoms. The normalized spacial score (nSPS) is 14.8. The number of rotatable bonds is 9. The fourth-order valence-electron chi connectivity index (χ4n) is 3.05. The molecule has 2 heterocycles. The lowest BCUT2D eigenvalue weighted by molar-refractivity contribution is -0.122. The van der Waals surface area contributed by atoms with Gasteiger partial charge >= 0.3 is 0 Å². The molecule has 2 aromatic rings. The Morgan fingerprint density at radius 2 is 1.74 bits per heavy atom. The molecule has 0 saturated carbocycles. The van der Waals surface area contributed by atoms with E-state index in [0.29, 0.717) is 11.5 Å². The highest BCUT2D eigenvalue weighted by Gasteiger charge is 2.29. The second kappa shape index (κ2) is 10.3. The third kappa shape index (κ3) is 6.22. The van der Waals surface area contributed by atoms with Crippen LogP contribution in [0.4, 0.5) is 0 Å². The van der Waals surface area contributed by atoms with Crippen molar-refractivity contribution in [2.24, 2.45) is 0 Å². The first kappa shape index (κ1) is 22.6. The molecule has 1 saturated heterocycles. The Morgan fingerprint density at radius 1 is 1.06 bits per heavy atom. The molecule has 0 bridgehead atoms. The van der Waals surface area contributed by atoms with E-state index < -0.39 is 15.9 Å². The van der Waals surface area contributed by atoms with Crippen LogP contribution in [-0.2, 0) is 14.8 Å². The number of sulfonamides is 1. The van der Waals surface area contributed by atoms with Crippen LogP contribution < -0.4 is 14.8 Å². The van der Waals surface area contributed by atoms with Crippen molar-refractivity contribution in [3.05, 3.63) is 48.4 Å². The van der Waals surface area contributed by atoms with Crippen LogP contribution in [0.2, 0.25) is 0 Å². The smallest absolute Gasteiger partial charge is 0.289 e. The number of benzene rings is 1. The first-order valence-corrected chi connectivity index (χ1v) is 11.3. The second-order valence-electron chi connectivity index (χ2n) is 6.80. The van der Waals surface area contributed by atoms with E-state index in [1.165, 1.54) is 10.6 Å². The third-order valence-electron chi connectivity index (χ3n) is 4.76. The lowest BCUT2D eigenvalue weighted by Crippen LogP contribution is -2.51. The summed E-state index contributed by atoms with van der Waals surface area (Å²) in [5, 5.41) is 2.54. The van der Waals surface area contributed by atoms with Gasteiger partial charge in [-0.2, -0.15) is 4.31 Å². The van der Waals surface area contributed by atoms with Gasteiger partial charge in [0.05, 0.1) is 19.1 Å². The van der Waals surface area contributed by atoms with E-state index in [9.17, 15) is 18.0 Å². The van der Waals surface area contributed by atoms with Crippen LogP contribution >= 0.6 is 0 Å². The molecular formula is C20H25N3O7S. The highest BCUT2D eigenvalue weighted by Crippen LogP contribution is 2.16. The highest BCUT2D eigenvalue weighted by atomic mass is 32.2. The summed E-state index contributed by atoms with van der Waals surface area (Å²) in [6, 6.07) is 9.97. The lowest BCUT2D eigenvalue weighted by atomic mass is 10.3. The topological polar surface area (TPSA) is 118 Å². The van der Waals surface area contributed by atoms with E-state index in [4.69, 9.17) is 13.9 Å². The summed E-state index contributed by atoms with van der Waals surface area (Å²) in [4.78, 5) is 25.7. The van der Waals surface area contributed by atoms with Gasteiger partial charge in [0.25, 0.3) is 11.8 Å². The van der Waals surface area contributed by atoms with E-state index in [0.717, 1.165) is 0 Å². The molecule has 1 aromatic carbocycles. The van der Waals surface area contributed by atoms with E-state index in [1.807, 2.05) is 0 Å². The van der Waals surface area contributed by atoms with Crippen molar-refractivity contribution >= 4 is 21.8 Å². The predicted octanol–water partition coefficient (Wildman–Crippen LogP) is 0.571. The van der Waals surface area contributed by atoms with Crippen LogP contribution in [0.15, 0.2) is 47.1 Å². The molecule has 0 unspecified atom stereocenters. The number of methoxy groups -OCH3 is 1. The molecule has 1 fully saturated rings.